The van der Waals surface area contributed by atoms with Gasteiger partial charge in [-0.2, -0.15) is 0 Å². The molecule has 3 heterocycles. The summed E-state index contributed by atoms with van der Waals surface area (Å²) in [6.45, 7) is 2.57. The summed E-state index contributed by atoms with van der Waals surface area (Å²) < 4.78 is 7.59. The van der Waals surface area contributed by atoms with Crippen molar-refractivity contribution in [3.05, 3.63) is 48.7 Å². The van der Waals surface area contributed by atoms with E-state index >= 15 is 0 Å². The molecule has 26 heavy (non-hydrogen) atoms. The van der Waals surface area contributed by atoms with Crippen LogP contribution in [0.15, 0.2) is 42.9 Å². The lowest BCUT2D eigenvalue weighted by Crippen LogP contribution is -2.75. The molecule has 0 atom stereocenters. The van der Waals surface area contributed by atoms with Gasteiger partial charge in [0, 0.05) is 23.3 Å². The lowest BCUT2D eigenvalue weighted by atomic mass is 9.39. The van der Waals surface area contributed by atoms with Crippen LogP contribution in [-0.4, -0.2) is 36.9 Å². The normalized spacial score (nSPS) is 26.1. The second kappa shape index (κ2) is 5.35. The number of rotatable bonds is 5. The number of aromatic nitrogens is 5. The molecule has 3 aromatic rings. The maximum atomic E-state index is 6.27. The second-order valence-electron chi connectivity index (χ2n) is 7.37. The van der Waals surface area contributed by atoms with Crippen molar-refractivity contribution < 1.29 is 4.74 Å². The van der Waals surface area contributed by atoms with Crippen LogP contribution in [0.1, 0.15) is 32.0 Å². The molecule has 2 bridgehead atoms. The second-order valence-corrected chi connectivity index (χ2v) is 7.37. The Morgan fingerprint density at radius 3 is 2.50 bits per heavy atom. The van der Waals surface area contributed by atoms with Crippen LogP contribution >= 0.6 is 0 Å². The number of ether oxygens (including phenoxy) is 1. The number of hydrogen-bond donors (Lipinski definition) is 1. The lowest BCUT2D eigenvalue weighted by Gasteiger charge is -2.68. The van der Waals surface area contributed by atoms with E-state index in [1.165, 1.54) is 0 Å². The minimum Gasteiger partial charge on any atom is -0.492 e. The molecule has 3 aliphatic rings. The molecule has 3 aliphatic carbocycles. The molecule has 0 amide bonds. The summed E-state index contributed by atoms with van der Waals surface area (Å²) in [7, 11) is 0. The van der Waals surface area contributed by atoms with E-state index in [-0.39, 0.29) is 11.0 Å². The predicted octanol–water partition coefficient (Wildman–Crippen LogP) is 2.26. The largest absolute Gasteiger partial charge is 0.492 e. The molecule has 132 valence electrons. The minimum atomic E-state index is 0.00652. The van der Waals surface area contributed by atoms with E-state index in [0.29, 0.717) is 6.61 Å². The van der Waals surface area contributed by atoms with Gasteiger partial charge in [-0.15, -0.1) is 10.2 Å². The molecule has 0 aromatic carbocycles. The van der Waals surface area contributed by atoms with Gasteiger partial charge in [-0.25, -0.2) is 4.98 Å². The van der Waals surface area contributed by atoms with Crippen molar-refractivity contribution in [2.24, 2.45) is 5.73 Å². The van der Waals surface area contributed by atoms with E-state index in [9.17, 15) is 0 Å². The molecule has 7 nitrogen and oxygen atoms in total. The van der Waals surface area contributed by atoms with Crippen molar-refractivity contribution in [2.45, 2.75) is 37.1 Å². The van der Waals surface area contributed by atoms with Crippen LogP contribution in [0, 0.1) is 0 Å². The van der Waals surface area contributed by atoms with Crippen LogP contribution in [0.5, 0.6) is 5.75 Å². The summed E-state index contributed by atoms with van der Waals surface area (Å²) in [5, 5.41) is 9.04. The number of pyridine rings is 2. The molecule has 3 aromatic heterocycles. The quantitative estimate of drug-likeness (QED) is 0.760. The topological polar surface area (TPSA) is 91.7 Å². The van der Waals surface area contributed by atoms with E-state index < -0.39 is 0 Å². The first kappa shape index (κ1) is 15.5. The van der Waals surface area contributed by atoms with Crippen molar-refractivity contribution in [2.75, 3.05) is 6.61 Å². The van der Waals surface area contributed by atoms with Gasteiger partial charge in [0.25, 0.3) is 0 Å². The van der Waals surface area contributed by atoms with Gasteiger partial charge >= 0.3 is 0 Å². The van der Waals surface area contributed by atoms with Crippen molar-refractivity contribution in [3.8, 4) is 23.0 Å². The first-order valence-electron chi connectivity index (χ1n) is 8.87. The number of nitrogens with zero attached hydrogens (tertiary/aromatic N) is 5. The Morgan fingerprint density at radius 2 is 1.88 bits per heavy atom. The summed E-state index contributed by atoms with van der Waals surface area (Å²) in [5.74, 6) is 2.45. The van der Waals surface area contributed by atoms with Gasteiger partial charge in [-0.3, -0.25) is 9.55 Å². The van der Waals surface area contributed by atoms with Gasteiger partial charge in [-0.1, -0.05) is 0 Å². The van der Waals surface area contributed by atoms with E-state index in [2.05, 4.69) is 24.7 Å². The Balaban J connectivity index is 1.61. The van der Waals surface area contributed by atoms with Crippen LogP contribution in [0.3, 0.4) is 0 Å². The molecule has 0 unspecified atom stereocenters. The third-order valence-corrected chi connectivity index (χ3v) is 5.41. The maximum absolute atomic E-state index is 6.27. The fourth-order valence-electron chi connectivity index (χ4n) is 4.40. The SMILES string of the molecule is CCOc1ccc(-c2nnc(C34CC(N)(C3)C4)n2-c2ccncc2)nc1. The van der Waals surface area contributed by atoms with Crippen LogP contribution in [0.4, 0.5) is 0 Å². The predicted molar refractivity (Wildman–Crippen MR) is 96.0 cm³/mol. The Kier molecular flexibility index (Phi) is 3.18. The van der Waals surface area contributed by atoms with Crippen molar-refractivity contribution in [1.29, 1.82) is 0 Å². The van der Waals surface area contributed by atoms with E-state index in [0.717, 1.165) is 48.0 Å². The van der Waals surface area contributed by atoms with Crippen LogP contribution in [0.25, 0.3) is 17.2 Å². The van der Waals surface area contributed by atoms with Crippen molar-refractivity contribution in [1.82, 2.24) is 24.7 Å². The van der Waals surface area contributed by atoms with Crippen molar-refractivity contribution in [3.63, 3.8) is 0 Å². The van der Waals surface area contributed by atoms with Gasteiger partial charge in [0.15, 0.2) is 5.82 Å². The average Bonchev–Trinajstić information content (AvgIpc) is 3.05. The Hall–Kier alpha value is -2.80. The zero-order valence-corrected chi connectivity index (χ0v) is 14.6. The van der Waals surface area contributed by atoms with Crippen molar-refractivity contribution >= 4 is 0 Å². The Morgan fingerprint density at radius 1 is 1.12 bits per heavy atom. The zero-order valence-electron chi connectivity index (χ0n) is 14.6. The fourth-order valence-corrected chi connectivity index (χ4v) is 4.40. The summed E-state index contributed by atoms with van der Waals surface area (Å²) >= 11 is 0. The highest BCUT2D eigenvalue weighted by Crippen LogP contribution is 2.66. The molecule has 0 radical (unpaired) electrons. The molecule has 0 spiro atoms. The summed E-state index contributed by atoms with van der Waals surface area (Å²) in [6, 6.07) is 7.76. The standard InChI is InChI=1S/C19H20N6O/c1-2-26-14-3-4-15(22-9-14)16-23-24-17(18-10-19(20,11-18)12-18)25(16)13-5-7-21-8-6-13/h3-9H,2,10-12,20H2,1H3. The maximum Gasteiger partial charge on any atom is 0.187 e. The summed E-state index contributed by atoms with van der Waals surface area (Å²) in [4.78, 5) is 8.66. The highest BCUT2D eigenvalue weighted by atomic mass is 16.5. The molecule has 0 saturated heterocycles. The van der Waals surface area contributed by atoms with E-state index in [1.54, 1.807) is 18.6 Å². The van der Waals surface area contributed by atoms with E-state index in [4.69, 9.17) is 10.5 Å². The monoisotopic (exact) mass is 348 g/mol. The van der Waals surface area contributed by atoms with Crippen LogP contribution < -0.4 is 10.5 Å². The Bertz CT molecular complexity index is 930. The number of nitrogens with two attached hydrogens (primary N) is 1. The molecule has 7 heteroatoms. The lowest BCUT2D eigenvalue weighted by molar-refractivity contribution is -0.0663. The molecular formula is C19H20N6O. The van der Waals surface area contributed by atoms with Gasteiger partial charge < -0.3 is 10.5 Å². The third kappa shape index (κ3) is 2.17. The van der Waals surface area contributed by atoms with Gasteiger partial charge in [0.05, 0.1) is 18.5 Å². The first-order chi connectivity index (χ1) is 12.6. The van der Waals surface area contributed by atoms with Gasteiger partial charge in [-0.05, 0) is 50.5 Å². The average molecular weight is 348 g/mol. The molecular weight excluding hydrogens is 328 g/mol. The molecule has 2 N–H and O–H groups in total. The smallest absolute Gasteiger partial charge is 0.187 e. The highest BCUT2D eigenvalue weighted by molar-refractivity contribution is 5.56. The number of hydrogen-bond acceptors (Lipinski definition) is 6. The molecule has 3 fully saturated rings. The first-order valence-corrected chi connectivity index (χ1v) is 8.87. The molecule has 6 rings (SSSR count). The summed E-state index contributed by atoms with van der Waals surface area (Å²) in [6.07, 6.45) is 8.20. The Labute approximate surface area is 151 Å². The fraction of sp³-hybridized carbons (Fsp3) is 0.368. The van der Waals surface area contributed by atoms with Crippen LogP contribution in [-0.2, 0) is 5.41 Å². The summed E-state index contributed by atoms with van der Waals surface area (Å²) in [5.41, 5.74) is 8.07. The third-order valence-electron chi connectivity index (χ3n) is 5.41. The molecule has 3 saturated carbocycles. The minimum absolute atomic E-state index is 0.00652. The van der Waals surface area contributed by atoms with Gasteiger partial charge in [0.1, 0.15) is 17.3 Å². The zero-order chi connectivity index (χ0) is 17.8. The van der Waals surface area contributed by atoms with Crippen LogP contribution in [0.2, 0.25) is 0 Å². The molecule has 0 aliphatic heterocycles. The highest BCUT2D eigenvalue weighted by Gasteiger charge is 2.68. The van der Waals surface area contributed by atoms with E-state index in [1.807, 2.05) is 31.2 Å². The van der Waals surface area contributed by atoms with Gasteiger partial charge in [0.2, 0.25) is 0 Å².